The van der Waals surface area contributed by atoms with Crippen LogP contribution in [0.2, 0.25) is 10.0 Å². The second-order valence-corrected chi connectivity index (χ2v) is 5.53. The molecular formula is C15H13Cl2NOS. The average molecular weight is 326 g/mol. The van der Waals surface area contributed by atoms with Crippen molar-refractivity contribution in [1.29, 1.82) is 0 Å². The van der Waals surface area contributed by atoms with Crippen molar-refractivity contribution in [2.24, 2.45) is 0 Å². The van der Waals surface area contributed by atoms with Crippen LogP contribution >= 0.6 is 35.4 Å². The molecule has 0 atom stereocenters. The number of ether oxygens (including phenoxy) is 1. The van der Waals surface area contributed by atoms with Gasteiger partial charge in [0.05, 0.1) is 22.8 Å². The van der Waals surface area contributed by atoms with Gasteiger partial charge in [0, 0.05) is 17.5 Å². The second-order valence-electron chi connectivity index (χ2n) is 4.20. The molecule has 5 heteroatoms. The predicted molar refractivity (Wildman–Crippen MR) is 89.4 cm³/mol. The maximum Gasteiger partial charge on any atom is 0.121 e. The van der Waals surface area contributed by atoms with Gasteiger partial charge in [0.15, 0.2) is 0 Å². The van der Waals surface area contributed by atoms with Gasteiger partial charge in [-0.3, -0.25) is 0 Å². The van der Waals surface area contributed by atoms with E-state index in [1.807, 2.05) is 30.3 Å². The molecule has 0 fully saturated rings. The van der Waals surface area contributed by atoms with Crippen LogP contribution in [0.25, 0.3) is 0 Å². The smallest absolute Gasteiger partial charge is 0.121 e. The normalized spacial score (nSPS) is 10.2. The largest absolute Gasteiger partial charge is 0.497 e. The lowest BCUT2D eigenvalue weighted by atomic mass is 10.1. The Bertz CT molecular complexity index is 614. The van der Waals surface area contributed by atoms with Gasteiger partial charge in [-0.1, -0.05) is 47.6 Å². The number of benzene rings is 2. The highest BCUT2D eigenvalue weighted by atomic mass is 35.5. The van der Waals surface area contributed by atoms with Crippen molar-refractivity contribution in [2.45, 2.75) is 6.42 Å². The highest BCUT2D eigenvalue weighted by molar-refractivity contribution is 7.80. The number of anilines is 1. The Kier molecular flexibility index (Phi) is 5.24. The Morgan fingerprint density at radius 1 is 1.15 bits per heavy atom. The molecule has 20 heavy (non-hydrogen) atoms. The average Bonchev–Trinajstić information content (AvgIpc) is 2.44. The molecular weight excluding hydrogens is 313 g/mol. The summed E-state index contributed by atoms with van der Waals surface area (Å²) in [6, 6.07) is 13.0. The van der Waals surface area contributed by atoms with Gasteiger partial charge in [-0.15, -0.1) is 0 Å². The summed E-state index contributed by atoms with van der Waals surface area (Å²) in [5.74, 6) is 0.728. The van der Waals surface area contributed by atoms with Gasteiger partial charge in [0.25, 0.3) is 0 Å². The monoisotopic (exact) mass is 325 g/mol. The van der Waals surface area contributed by atoms with Crippen molar-refractivity contribution in [1.82, 2.24) is 0 Å². The molecule has 0 aromatic heterocycles. The summed E-state index contributed by atoms with van der Waals surface area (Å²) in [6.07, 6.45) is 0.625. The summed E-state index contributed by atoms with van der Waals surface area (Å²) in [5.41, 5.74) is 1.83. The minimum Gasteiger partial charge on any atom is -0.497 e. The summed E-state index contributed by atoms with van der Waals surface area (Å²) in [4.78, 5) is 0.683. The minimum atomic E-state index is 0.601. The van der Waals surface area contributed by atoms with E-state index < -0.39 is 0 Å². The summed E-state index contributed by atoms with van der Waals surface area (Å²) < 4.78 is 5.17. The van der Waals surface area contributed by atoms with Crippen molar-refractivity contribution in [3.05, 3.63) is 58.1 Å². The quantitative estimate of drug-likeness (QED) is 0.800. The molecule has 0 aliphatic rings. The second kappa shape index (κ2) is 6.93. The zero-order valence-electron chi connectivity index (χ0n) is 10.8. The van der Waals surface area contributed by atoms with Gasteiger partial charge in [-0.25, -0.2) is 0 Å². The molecule has 104 valence electrons. The van der Waals surface area contributed by atoms with Crippen molar-refractivity contribution in [3.63, 3.8) is 0 Å². The topological polar surface area (TPSA) is 21.3 Å². The number of thiocarbonyl (C=S) groups is 1. The molecule has 2 aromatic rings. The molecule has 0 amide bonds. The van der Waals surface area contributed by atoms with Gasteiger partial charge < -0.3 is 10.1 Å². The first-order chi connectivity index (χ1) is 9.58. The van der Waals surface area contributed by atoms with E-state index >= 15 is 0 Å². The van der Waals surface area contributed by atoms with Gasteiger partial charge in [0.2, 0.25) is 0 Å². The summed E-state index contributed by atoms with van der Waals surface area (Å²) in [6.45, 7) is 0. The molecule has 0 radical (unpaired) electrons. The molecule has 0 aliphatic carbocycles. The van der Waals surface area contributed by atoms with Crippen molar-refractivity contribution in [3.8, 4) is 5.75 Å². The van der Waals surface area contributed by atoms with Gasteiger partial charge in [0.1, 0.15) is 5.75 Å². The third kappa shape index (κ3) is 4.10. The lowest BCUT2D eigenvalue weighted by molar-refractivity contribution is 0.415. The van der Waals surface area contributed by atoms with Gasteiger partial charge >= 0.3 is 0 Å². The van der Waals surface area contributed by atoms with Gasteiger partial charge in [-0.05, 0) is 29.8 Å². The summed E-state index contributed by atoms with van der Waals surface area (Å²) in [5, 5.41) is 4.45. The van der Waals surface area contributed by atoms with E-state index in [0.29, 0.717) is 21.5 Å². The van der Waals surface area contributed by atoms with E-state index in [1.54, 1.807) is 19.2 Å². The van der Waals surface area contributed by atoms with Crippen molar-refractivity contribution < 1.29 is 4.74 Å². The lowest BCUT2D eigenvalue weighted by Gasteiger charge is -2.11. The van der Waals surface area contributed by atoms with E-state index in [2.05, 4.69) is 5.32 Å². The Labute approximate surface area is 133 Å². The molecule has 2 rings (SSSR count). The zero-order valence-corrected chi connectivity index (χ0v) is 13.1. The molecule has 0 aliphatic heterocycles. The van der Waals surface area contributed by atoms with E-state index in [-0.39, 0.29) is 0 Å². The Morgan fingerprint density at radius 3 is 2.50 bits per heavy atom. The maximum absolute atomic E-state index is 6.13. The van der Waals surface area contributed by atoms with Crippen LogP contribution in [0.4, 0.5) is 5.69 Å². The van der Waals surface area contributed by atoms with Crippen LogP contribution in [0, 0.1) is 0 Å². The summed E-state index contributed by atoms with van der Waals surface area (Å²) >= 11 is 17.3. The third-order valence-electron chi connectivity index (χ3n) is 2.73. The van der Waals surface area contributed by atoms with Gasteiger partial charge in [-0.2, -0.15) is 0 Å². The molecule has 0 spiro atoms. The molecule has 0 unspecified atom stereocenters. The van der Waals surface area contributed by atoms with Crippen LogP contribution in [0.1, 0.15) is 5.56 Å². The fourth-order valence-electron chi connectivity index (χ4n) is 1.71. The Morgan fingerprint density at radius 2 is 1.85 bits per heavy atom. The molecule has 0 saturated carbocycles. The number of methoxy groups -OCH3 is 1. The Hall–Kier alpha value is -1.29. The lowest BCUT2D eigenvalue weighted by Crippen LogP contribution is -2.12. The van der Waals surface area contributed by atoms with E-state index in [4.69, 9.17) is 40.2 Å². The van der Waals surface area contributed by atoms with E-state index in [1.165, 1.54) is 0 Å². The first-order valence-electron chi connectivity index (χ1n) is 5.96. The first kappa shape index (κ1) is 15.1. The van der Waals surface area contributed by atoms with Crippen LogP contribution in [0.3, 0.4) is 0 Å². The number of rotatable bonds is 4. The number of halogens is 2. The highest BCUT2D eigenvalue weighted by Crippen LogP contribution is 2.27. The highest BCUT2D eigenvalue weighted by Gasteiger charge is 2.05. The van der Waals surface area contributed by atoms with Crippen LogP contribution in [0.5, 0.6) is 5.75 Å². The van der Waals surface area contributed by atoms with Crippen molar-refractivity contribution >= 4 is 46.1 Å². The van der Waals surface area contributed by atoms with Crippen LogP contribution in [-0.4, -0.2) is 12.1 Å². The molecule has 2 nitrogen and oxygen atoms in total. The van der Waals surface area contributed by atoms with E-state index in [9.17, 15) is 0 Å². The predicted octanol–water partition coefficient (Wildman–Crippen LogP) is 4.98. The van der Waals surface area contributed by atoms with E-state index in [0.717, 1.165) is 17.0 Å². The number of hydrogen-bond donors (Lipinski definition) is 1. The molecule has 0 heterocycles. The number of hydrogen-bond acceptors (Lipinski definition) is 2. The zero-order chi connectivity index (χ0) is 14.5. The molecule has 0 saturated heterocycles. The van der Waals surface area contributed by atoms with Crippen molar-refractivity contribution in [2.75, 3.05) is 12.4 Å². The third-order valence-corrected chi connectivity index (χ3v) is 3.55. The van der Waals surface area contributed by atoms with Crippen LogP contribution in [0.15, 0.2) is 42.5 Å². The maximum atomic E-state index is 6.13. The molecule has 0 bridgehead atoms. The SMILES string of the molecule is COc1ccc(Cl)c(NC(=S)Cc2ccc(Cl)cc2)c1. The summed E-state index contributed by atoms with van der Waals surface area (Å²) in [7, 11) is 1.61. The first-order valence-corrected chi connectivity index (χ1v) is 7.13. The standard InChI is InChI=1S/C15H13Cl2NOS/c1-19-12-6-7-13(17)14(9-12)18-15(20)8-10-2-4-11(16)5-3-10/h2-7,9H,8H2,1H3,(H,18,20). The fourth-order valence-corrected chi connectivity index (χ4v) is 2.28. The number of nitrogens with one attached hydrogen (secondary N) is 1. The van der Waals surface area contributed by atoms with Crippen LogP contribution < -0.4 is 10.1 Å². The van der Waals surface area contributed by atoms with Crippen LogP contribution in [-0.2, 0) is 6.42 Å². The Balaban J connectivity index is 2.06. The molecule has 1 N–H and O–H groups in total. The minimum absolute atomic E-state index is 0.601. The molecule has 2 aromatic carbocycles. The fraction of sp³-hybridized carbons (Fsp3) is 0.133.